The van der Waals surface area contributed by atoms with Crippen LogP contribution in [0.5, 0.6) is 0 Å². The molecule has 2 aromatic rings. The fraction of sp³-hybridized carbons (Fsp3) is 0.308. The summed E-state index contributed by atoms with van der Waals surface area (Å²) in [4.78, 5) is 15.3. The number of nitrogens with zero attached hydrogens (tertiary/aromatic N) is 2. The number of hydrogen-bond donors (Lipinski definition) is 2. The van der Waals surface area contributed by atoms with Gasteiger partial charge < -0.3 is 10.3 Å². The van der Waals surface area contributed by atoms with Gasteiger partial charge in [0.15, 0.2) is 10.1 Å². The van der Waals surface area contributed by atoms with Crippen LogP contribution in [-0.4, -0.2) is 33.3 Å². The van der Waals surface area contributed by atoms with E-state index in [0.717, 1.165) is 26.4 Å². The predicted molar refractivity (Wildman–Crippen MR) is 83.9 cm³/mol. The predicted octanol–water partition coefficient (Wildman–Crippen LogP) is 3.06. The number of carbonyl (C=O) groups is 1. The molecule has 0 aliphatic rings. The molecule has 0 saturated carbocycles. The molecule has 0 saturated heterocycles. The lowest BCUT2D eigenvalue weighted by molar-refractivity contribution is 0.102. The first-order chi connectivity index (χ1) is 9.60. The highest BCUT2D eigenvalue weighted by Gasteiger charge is 2.13. The van der Waals surface area contributed by atoms with Crippen LogP contribution in [0.1, 0.15) is 21.7 Å². The first kappa shape index (κ1) is 14.8. The molecule has 2 N–H and O–H groups in total. The normalized spacial score (nSPS) is 10.5. The fourth-order valence-corrected chi connectivity index (χ4v) is 3.36. The van der Waals surface area contributed by atoms with Crippen molar-refractivity contribution in [2.75, 3.05) is 17.6 Å². The van der Waals surface area contributed by atoms with Crippen LogP contribution in [0.25, 0.3) is 0 Å². The van der Waals surface area contributed by atoms with Gasteiger partial charge in [0.2, 0.25) is 5.13 Å². The van der Waals surface area contributed by atoms with Gasteiger partial charge in [-0.05, 0) is 19.9 Å². The van der Waals surface area contributed by atoms with E-state index in [1.807, 2.05) is 19.9 Å². The van der Waals surface area contributed by atoms with Crippen molar-refractivity contribution in [3.63, 3.8) is 0 Å². The molecule has 5 nitrogen and oxygen atoms in total. The number of hydrogen-bond acceptors (Lipinski definition) is 6. The van der Waals surface area contributed by atoms with Gasteiger partial charge in [-0.25, -0.2) is 0 Å². The molecule has 0 bridgehead atoms. The van der Waals surface area contributed by atoms with Crippen molar-refractivity contribution in [3.05, 3.63) is 35.7 Å². The van der Waals surface area contributed by atoms with E-state index in [4.69, 9.17) is 0 Å². The summed E-state index contributed by atoms with van der Waals surface area (Å²) >= 11 is 2.85. The zero-order valence-corrected chi connectivity index (χ0v) is 13.0. The molecule has 7 heteroatoms. The maximum absolute atomic E-state index is 12.1. The Hall–Kier alpha value is -1.60. The summed E-state index contributed by atoms with van der Waals surface area (Å²) in [5.74, 6) is 0.474. The summed E-state index contributed by atoms with van der Waals surface area (Å²) in [7, 11) is 0. The Morgan fingerprint density at radius 3 is 3.00 bits per heavy atom. The minimum absolute atomic E-state index is 0.104. The van der Waals surface area contributed by atoms with Gasteiger partial charge in [-0.15, -0.1) is 16.8 Å². The zero-order valence-electron chi connectivity index (χ0n) is 11.4. The Morgan fingerprint density at radius 2 is 2.35 bits per heavy atom. The Kier molecular flexibility index (Phi) is 4.97. The summed E-state index contributed by atoms with van der Waals surface area (Å²) in [5.41, 5.74) is 2.67. The van der Waals surface area contributed by atoms with Crippen LogP contribution in [0.3, 0.4) is 0 Å². The summed E-state index contributed by atoms with van der Waals surface area (Å²) in [6.07, 6.45) is 1.76. The number of Topliss-reactive ketones (excluding diaryl/α,β-unsaturated/α-hetero) is 1. The number of ketones is 1. The molecule has 2 heterocycles. The van der Waals surface area contributed by atoms with Gasteiger partial charge in [-0.2, -0.15) is 0 Å². The van der Waals surface area contributed by atoms with Crippen LogP contribution in [-0.2, 0) is 0 Å². The molecule has 106 valence electrons. The van der Waals surface area contributed by atoms with Gasteiger partial charge in [0.05, 0.1) is 5.75 Å². The van der Waals surface area contributed by atoms with Crippen LogP contribution >= 0.6 is 23.1 Å². The molecule has 0 atom stereocenters. The third-order valence-electron chi connectivity index (χ3n) is 2.58. The Balaban J connectivity index is 1.91. The topological polar surface area (TPSA) is 70.7 Å². The monoisotopic (exact) mass is 308 g/mol. The van der Waals surface area contributed by atoms with Gasteiger partial charge in [-0.1, -0.05) is 29.2 Å². The number of H-pyrrole nitrogens is 1. The van der Waals surface area contributed by atoms with Crippen LogP contribution < -0.4 is 5.32 Å². The van der Waals surface area contributed by atoms with E-state index in [-0.39, 0.29) is 5.78 Å². The Labute approximate surface area is 125 Å². The number of rotatable bonds is 7. The number of aromatic nitrogens is 3. The SMILES string of the molecule is C=CCNc1nnc(SCC(=O)c2cc(C)[nH]c2C)s1. The smallest absolute Gasteiger partial charge is 0.206 e. The average Bonchev–Trinajstić information content (AvgIpc) is 3.00. The largest absolute Gasteiger partial charge is 0.362 e. The first-order valence-electron chi connectivity index (χ1n) is 6.10. The van der Waals surface area contributed by atoms with Crippen molar-refractivity contribution in [3.8, 4) is 0 Å². The minimum Gasteiger partial charge on any atom is -0.362 e. The van der Waals surface area contributed by atoms with E-state index < -0.39 is 0 Å². The van der Waals surface area contributed by atoms with Crippen molar-refractivity contribution in [2.24, 2.45) is 0 Å². The number of anilines is 1. The van der Waals surface area contributed by atoms with Crippen molar-refractivity contribution in [2.45, 2.75) is 18.2 Å². The van der Waals surface area contributed by atoms with Crippen molar-refractivity contribution in [1.29, 1.82) is 0 Å². The summed E-state index contributed by atoms with van der Waals surface area (Å²) < 4.78 is 0.787. The number of aromatic amines is 1. The highest BCUT2D eigenvalue weighted by molar-refractivity contribution is 8.01. The third-order valence-corrected chi connectivity index (χ3v) is 4.60. The second kappa shape index (κ2) is 6.71. The van der Waals surface area contributed by atoms with E-state index in [0.29, 0.717) is 12.3 Å². The van der Waals surface area contributed by atoms with Gasteiger partial charge >= 0.3 is 0 Å². The van der Waals surface area contributed by atoms with Crippen LogP contribution in [0.15, 0.2) is 23.1 Å². The second-order valence-corrected chi connectivity index (χ2v) is 6.45. The molecule has 20 heavy (non-hydrogen) atoms. The average molecular weight is 308 g/mol. The highest BCUT2D eigenvalue weighted by atomic mass is 32.2. The quantitative estimate of drug-likeness (QED) is 0.467. The standard InChI is InChI=1S/C13H16N4OS2/c1-4-5-14-12-16-17-13(20-12)19-7-11(18)10-6-8(2)15-9(10)3/h4,6,15H,1,5,7H2,2-3H3,(H,14,16). The van der Waals surface area contributed by atoms with Gasteiger partial charge in [0.1, 0.15) is 0 Å². The Bertz CT molecular complexity index is 618. The van der Waals surface area contributed by atoms with E-state index in [9.17, 15) is 4.79 Å². The minimum atomic E-state index is 0.104. The van der Waals surface area contributed by atoms with Crippen molar-refractivity contribution < 1.29 is 4.79 Å². The molecule has 0 unspecified atom stereocenters. The van der Waals surface area contributed by atoms with Crippen LogP contribution in [0, 0.1) is 13.8 Å². The Morgan fingerprint density at radius 1 is 1.55 bits per heavy atom. The number of carbonyl (C=O) groups excluding carboxylic acids is 1. The molecule has 2 rings (SSSR count). The summed E-state index contributed by atoms with van der Waals surface area (Å²) in [6, 6.07) is 1.88. The highest BCUT2D eigenvalue weighted by Crippen LogP contribution is 2.26. The molecular formula is C13H16N4OS2. The number of thioether (sulfide) groups is 1. The summed E-state index contributed by atoms with van der Waals surface area (Å²) in [5, 5.41) is 11.8. The fourth-order valence-electron chi connectivity index (χ4n) is 1.72. The molecule has 0 fully saturated rings. The molecule has 0 spiro atoms. The van der Waals surface area contributed by atoms with Crippen molar-refractivity contribution >= 4 is 34.0 Å². The molecule has 0 amide bonds. The lowest BCUT2D eigenvalue weighted by atomic mass is 10.2. The zero-order chi connectivity index (χ0) is 14.5. The van der Waals surface area contributed by atoms with E-state index in [1.54, 1.807) is 6.08 Å². The van der Waals surface area contributed by atoms with Gasteiger partial charge in [-0.3, -0.25) is 4.79 Å². The van der Waals surface area contributed by atoms with Crippen LogP contribution in [0.4, 0.5) is 5.13 Å². The van der Waals surface area contributed by atoms with E-state index >= 15 is 0 Å². The first-order valence-corrected chi connectivity index (χ1v) is 7.91. The van der Waals surface area contributed by atoms with Crippen LogP contribution in [0.2, 0.25) is 0 Å². The summed E-state index contributed by atoms with van der Waals surface area (Å²) in [6.45, 7) is 8.13. The molecule has 0 aliphatic heterocycles. The molecule has 0 aromatic carbocycles. The maximum Gasteiger partial charge on any atom is 0.206 e. The lowest BCUT2D eigenvalue weighted by Gasteiger charge is -1.97. The molecular weight excluding hydrogens is 292 g/mol. The third kappa shape index (κ3) is 3.71. The number of nitrogens with one attached hydrogen (secondary N) is 2. The second-order valence-electron chi connectivity index (χ2n) is 4.25. The van der Waals surface area contributed by atoms with E-state index in [2.05, 4.69) is 27.1 Å². The molecule has 2 aromatic heterocycles. The maximum atomic E-state index is 12.1. The van der Waals surface area contributed by atoms with E-state index in [1.165, 1.54) is 23.1 Å². The molecule has 0 aliphatic carbocycles. The number of aryl methyl sites for hydroxylation is 2. The molecule has 0 radical (unpaired) electrons. The van der Waals surface area contributed by atoms with Crippen molar-refractivity contribution in [1.82, 2.24) is 15.2 Å². The van der Waals surface area contributed by atoms with Gasteiger partial charge in [0, 0.05) is 23.5 Å². The lowest BCUT2D eigenvalue weighted by Crippen LogP contribution is -2.02. The van der Waals surface area contributed by atoms with Gasteiger partial charge in [0.25, 0.3) is 0 Å².